The first kappa shape index (κ1) is 13.2. The first-order valence-corrected chi connectivity index (χ1v) is 7.82. The van der Waals surface area contributed by atoms with Gasteiger partial charge in [-0.3, -0.25) is 0 Å². The molecule has 0 fully saturated rings. The van der Waals surface area contributed by atoms with Crippen molar-refractivity contribution in [1.29, 1.82) is 0 Å². The van der Waals surface area contributed by atoms with Crippen molar-refractivity contribution in [2.75, 3.05) is 0 Å². The van der Waals surface area contributed by atoms with E-state index < -0.39 is 9.05 Å². The van der Waals surface area contributed by atoms with Gasteiger partial charge in [0.15, 0.2) is 5.03 Å². The van der Waals surface area contributed by atoms with Gasteiger partial charge in [0.2, 0.25) is 0 Å². The van der Waals surface area contributed by atoms with Gasteiger partial charge >= 0.3 is 0 Å². The van der Waals surface area contributed by atoms with Gasteiger partial charge in [-0.05, 0) is 30.5 Å². The Morgan fingerprint density at radius 3 is 2.28 bits per heavy atom. The lowest BCUT2D eigenvalue weighted by molar-refractivity contribution is 0.600. The van der Waals surface area contributed by atoms with Crippen molar-refractivity contribution in [2.24, 2.45) is 7.05 Å². The lowest BCUT2D eigenvalue weighted by atomic mass is 10.1. The molecule has 1 heterocycles. The molecule has 2 aromatic rings. The van der Waals surface area contributed by atoms with Crippen molar-refractivity contribution in [3.05, 3.63) is 53.2 Å². The number of aryl methyl sites for hydroxylation is 2. The Bertz CT molecular complexity index is 657. The van der Waals surface area contributed by atoms with Crippen LogP contribution in [-0.2, 0) is 22.5 Å². The van der Waals surface area contributed by atoms with Gasteiger partial charge in [-0.2, -0.15) is 0 Å². The Morgan fingerprint density at radius 1 is 1.17 bits per heavy atom. The highest BCUT2D eigenvalue weighted by atomic mass is 35.7. The number of benzene rings is 1. The Morgan fingerprint density at radius 2 is 1.78 bits per heavy atom. The molecule has 1 aromatic carbocycles. The van der Waals surface area contributed by atoms with Gasteiger partial charge in [-0.1, -0.05) is 29.8 Å². The molecule has 96 valence electrons. The van der Waals surface area contributed by atoms with Gasteiger partial charge in [-0.25, -0.2) is 8.42 Å². The van der Waals surface area contributed by atoms with Crippen molar-refractivity contribution < 1.29 is 8.42 Å². The molecule has 0 atom stereocenters. The van der Waals surface area contributed by atoms with Crippen LogP contribution in [0.4, 0.5) is 0 Å². The van der Waals surface area contributed by atoms with Crippen LogP contribution in [0.3, 0.4) is 0 Å². The van der Waals surface area contributed by atoms with Gasteiger partial charge in [0.25, 0.3) is 9.05 Å². The molecule has 3 nitrogen and oxygen atoms in total. The van der Waals surface area contributed by atoms with Gasteiger partial charge < -0.3 is 4.57 Å². The SMILES string of the molecule is Cc1ccc(Cc2cc(S(=O)(=O)Cl)n(C)c2)cc1. The second kappa shape index (κ2) is 4.78. The second-order valence-electron chi connectivity index (χ2n) is 4.40. The molecule has 1 aromatic heterocycles. The second-order valence-corrected chi connectivity index (χ2v) is 6.91. The maximum Gasteiger partial charge on any atom is 0.276 e. The van der Waals surface area contributed by atoms with Crippen molar-refractivity contribution in [2.45, 2.75) is 18.4 Å². The number of halogens is 1. The van der Waals surface area contributed by atoms with Crippen LogP contribution in [0.15, 0.2) is 41.6 Å². The molecule has 0 saturated heterocycles. The summed E-state index contributed by atoms with van der Waals surface area (Å²) < 4.78 is 24.2. The smallest absolute Gasteiger partial charge is 0.276 e. The summed E-state index contributed by atoms with van der Waals surface area (Å²) in [6.45, 7) is 2.03. The molecule has 0 amide bonds. The fourth-order valence-electron chi connectivity index (χ4n) is 1.89. The van der Waals surface area contributed by atoms with Crippen LogP contribution in [0.2, 0.25) is 0 Å². The zero-order valence-corrected chi connectivity index (χ0v) is 11.8. The fraction of sp³-hybridized carbons (Fsp3) is 0.231. The van der Waals surface area contributed by atoms with E-state index >= 15 is 0 Å². The molecule has 18 heavy (non-hydrogen) atoms. The number of nitrogens with zero attached hydrogens (tertiary/aromatic N) is 1. The maximum atomic E-state index is 11.3. The lowest BCUT2D eigenvalue weighted by Crippen LogP contribution is -1.97. The average molecular weight is 284 g/mol. The zero-order valence-electron chi connectivity index (χ0n) is 10.2. The number of hydrogen-bond donors (Lipinski definition) is 0. The van der Waals surface area contributed by atoms with Gasteiger partial charge in [0, 0.05) is 23.9 Å². The van der Waals surface area contributed by atoms with Crippen LogP contribution >= 0.6 is 10.7 Å². The third kappa shape index (κ3) is 2.94. The van der Waals surface area contributed by atoms with Gasteiger partial charge in [0.05, 0.1) is 0 Å². The fourth-order valence-corrected chi connectivity index (χ4v) is 3.04. The Labute approximate surface area is 111 Å². The monoisotopic (exact) mass is 283 g/mol. The van der Waals surface area contributed by atoms with E-state index in [-0.39, 0.29) is 5.03 Å². The molecular formula is C13H14ClNO2S. The van der Waals surface area contributed by atoms with E-state index in [1.807, 2.05) is 31.2 Å². The topological polar surface area (TPSA) is 39.1 Å². The highest BCUT2D eigenvalue weighted by Gasteiger charge is 2.15. The summed E-state index contributed by atoms with van der Waals surface area (Å²) >= 11 is 0. The van der Waals surface area contributed by atoms with E-state index in [1.165, 1.54) is 10.1 Å². The summed E-state index contributed by atoms with van der Waals surface area (Å²) in [5.74, 6) is 0. The summed E-state index contributed by atoms with van der Waals surface area (Å²) in [5, 5.41) is 0.131. The largest absolute Gasteiger partial charge is 0.341 e. The number of rotatable bonds is 3. The molecule has 0 N–H and O–H groups in total. The molecule has 2 rings (SSSR count). The predicted octanol–water partition coefficient (Wildman–Crippen LogP) is 2.85. The van der Waals surface area contributed by atoms with E-state index in [1.54, 1.807) is 19.3 Å². The summed E-state index contributed by atoms with van der Waals surface area (Å²) in [7, 11) is 3.35. The minimum Gasteiger partial charge on any atom is -0.341 e. The molecular weight excluding hydrogens is 270 g/mol. The van der Waals surface area contributed by atoms with Crippen LogP contribution in [0, 0.1) is 6.92 Å². The van der Waals surface area contributed by atoms with Gasteiger partial charge in [0.1, 0.15) is 0 Å². The third-order valence-corrected chi connectivity index (χ3v) is 4.17. The van der Waals surface area contributed by atoms with Crippen molar-refractivity contribution in [1.82, 2.24) is 4.57 Å². The van der Waals surface area contributed by atoms with E-state index in [4.69, 9.17) is 10.7 Å². The first-order valence-electron chi connectivity index (χ1n) is 5.52. The standard InChI is InChI=1S/C13H14ClNO2S/c1-10-3-5-11(6-4-10)7-12-8-13(15(2)9-12)18(14,16)17/h3-6,8-9H,7H2,1-2H3. The van der Waals surface area contributed by atoms with Crippen LogP contribution < -0.4 is 0 Å². The number of aromatic nitrogens is 1. The molecule has 5 heteroatoms. The summed E-state index contributed by atoms with van der Waals surface area (Å²) in [6, 6.07) is 9.77. The Kier molecular flexibility index (Phi) is 3.50. The minimum atomic E-state index is -3.68. The highest BCUT2D eigenvalue weighted by Crippen LogP contribution is 2.20. The summed E-state index contributed by atoms with van der Waals surface area (Å²) in [6.07, 6.45) is 2.48. The van der Waals surface area contributed by atoms with E-state index in [0.717, 1.165) is 11.1 Å². The van der Waals surface area contributed by atoms with E-state index in [0.29, 0.717) is 6.42 Å². The molecule has 0 spiro atoms. The van der Waals surface area contributed by atoms with Crippen LogP contribution in [-0.4, -0.2) is 13.0 Å². The molecule has 0 bridgehead atoms. The van der Waals surface area contributed by atoms with Crippen molar-refractivity contribution >= 4 is 19.7 Å². The molecule has 0 aliphatic carbocycles. The molecule has 0 radical (unpaired) electrons. The van der Waals surface area contributed by atoms with E-state index in [9.17, 15) is 8.42 Å². The normalized spacial score (nSPS) is 11.7. The van der Waals surface area contributed by atoms with Crippen LogP contribution in [0.1, 0.15) is 16.7 Å². The Hall–Kier alpha value is -1.26. The third-order valence-electron chi connectivity index (χ3n) is 2.79. The van der Waals surface area contributed by atoms with Gasteiger partial charge in [-0.15, -0.1) is 0 Å². The molecule has 0 unspecified atom stereocenters. The average Bonchev–Trinajstić information content (AvgIpc) is 2.63. The maximum absolute atomic E-state index is 11.3. The highest BCUT2D eigenvalue weighted by molar-refractivity contribution is 8.13. The summed E-state index contributed by atoms with van der Waals surface area (Å²) in [4.78, 5) is 0. The summed E-state index contributed by atoms with van der Waals surface area (Å²) in [5.41, 5.74) is 3.28. The zero-order chi connectivity index (χ0) is 13.3. The first-order chi connectivity index (χ1) is 8.36. The Balaban J connectivity index is 2.28. The van der Waals surface area contributed by atoms with Crippen LogP contribution in [0.5, 0.6) is 0 Å². The predicted molar refractivity (Wildman–Crippen MR) is 72.4 cm³/mol. The van der Waals surface area contributed by atoms with Crippen molar-refractivity contribution in [3.63, 3.8) is 0 Å². The lowest BCUT2D eigenvalue weighted by Gasteiger charge is -1.99. The van der Waals surface area contributed by atoms with E-state index in [2.05, 4.69) is 0 Å². The molecule has 0 aliphatic heterocycles. The van der Waals surface area contributed by atoms with Crippen molar-refractivity contribution in [3.8, 4) is 0 Å². The van der Waals surface area contributed by atoms with Crippen LogP contribution in [0.25, 0.3) is 0 Å². The molecule has 0 saturated carbocycles. The number of hydrogen-bond acceptors (Lipinski definition) is 2. The molecule has 0 aliphatic rings. The quantitative estimate of drug-likeness (QED) is 0.813. The minimum absolute atomic E-state index is 0.131.